The number of aryl methyl sites for hydroxylation is 1. The van der Waals surface area contributed by atoms with E-state index in [1.165, 1.54) is 0 Å². The highest BCUT2D eigenvalue weighted by atomic mass is 16.2. The second-order valence-electron chi connectivity index (χ2n) is 5.33. The van der Waals surface area contributed by atoms with Crippen LogP contribution < -0.4 is 5.32 Å². The molecule has 0 aliphatic rings. The number of nitrogens with zero attached hydrogens (tertiary/aromatic N) is 2. The summed E-state index contributed by atoms with van der Waals surface area (Å²) in [6.45, 7) is 2.20. The number of aromatic nitrogens is 2. The summed E-state index contributed by atoms with van der Waals surface area (Å²) < 4.78 is 4.06. The first-order valence-electron chi connectivity index (χ1n) is 7.74. The number of carbonyl (C=O) groups excluding carboxylic acids is 2. The van der Waals surface area contributed by atoms with Crippen LogP contribution in [0.4, 0.5) is 0 Å². The number of nitrogens with one attached hydrogen (secondary N) is 1. The van der Waals surface area contributed by atoms with Crippen molar-refractivity contribution in [2.45, 2.75) is 38.8 Å². The molecule has 0 aromatic carbocycles. The first-order chi connectivity index (χ1) is 10.7. The normalized spacial score (nSPS) is 10.5. The molecule has 0 spiro atoms. The van der Waals surface area contributed by atoms with E-state index >= 15 is 0 Å². The van der Waals surface area contributed by atoms with Crippen molar-refractivity contribution in [3.05, 3.63) is 49.1 Å². The molecule has 0 aliphatic carbocycles. The number of Topliss-reactive ketones (excluding diaryl/α,β-unsaturated/α-hetero) is 1. The summed E-state index contributed by atoms with van der Waals surface area (Å²) in [6, 6.07) is 7.85. The number of rotatable bonds is 10. The van der Waals surface area contributed by atoms with Gasteiger partial charge in [-0.2, -0.15) is 0 Å². The van der Waals surface area contributed by atoms with Crippen LogP contribution in [-0.4, -0.2) is 27.4 Å². The topological polar surface area (TPSA) is 56.0 Å². The SMILES string of the molecule is O=C(CCCn1cccc1)CCC(=O)NCCn1cccc1. The van der Waals surface area contributed by atoms with E-state index in [-0.39, 0.29) is 18.1 Å². The standard InChI is InChI=1S/C17H23N3O2/c21-16(6-5-14-19-10-1-2-11-19)7-8-17(22)18-9-15-20-12-3-4-13-20/h1-4,10-13H,5-9,14-15H2,(H,18,22). The Morgan fingerprint density at radius 1 is 0.773 bits per heavy atom. The molecule has 1 amide bonds. The molecule has 0 unspecified atom stereocenters. The molecule has 0 radical (unpaired) electrons. The van der Waals surface area contributed by atoms with E-state index in [9.17, 15) is 9.59 Å². The van der Waals surface area contributed by atoms with Crippen LogP contribution in [0.1, 0.15) is 25.7 Å². The Morgan fingerprint density at radius 3 is 2.00 bits per heavy atom. The van der Waals surface area contributed by atoms with Gasteiger partial charge < -0.3 is 14.5 Å². The average molecular weight is 301 g/mol. The predicted molar refractivity (Wildman–Crippen MR) is 85.3 cm³/mol. The van der Waals surface area contributed by atoms with Gasteiger partial charge in [-0.1, -0.05) is 0 Å². The van der Waals surface area contributed by atoms with Crippen LogP contribution >= 0.6 is 0 Å². The average Bonchev–Trinajstić information content (AvgIpc) is 3.18. The Hall–Kier alpha value is -2.30. The highest BCUT2D eigenvalue weighted by Gasteiger charge is 2.06. The third-order valence-corrected chi connectivity index (χ3v) is 3.53. The molecule has 0 fully saturated rings. The van der Waals surface area contributed by atoms with Gasteiger partial charge in [0.15, 0.2) is 0 Å². The van der Waals surface area contributed by atoms with E-state index in [4.69, 9.17) is 0 Å². The Labute approximate surface area is 130 Å². The zero-order valence-electron chi connectivity index (χ0n) is 12.8. The van der Waals surface area contributed by atoms with Crippen molar-refractivity contribution in [1.29, 1.82) is 0 Å². The molecule has 0 saturated heterocycles. The van der Waals surface area contributed by atoms with Crippen molar-refractivity contribution >= 4 is 11.7 Å². The molecule has 0 saturated carbocycles. The lowest BCUT2D eigenvalue weighted by Crippen LogP contribution is -2.27. The smallest absolute Gasteiger partial charge is 0.220 e. The van der Waals surface area contributed by atoms with Gasteiger partial charge in [-0.25, -0.2) is 0 Å². The predicted octanol–water partition coefficient (Wildman–Crippen LogP) is 2.24. The molecule has 0 atom stereocenters. The van der Waals surface area contributed by atoms with Gasteiger partial charge in [-0.05, 0) is 30.7 Å². The van der Waals surface area contributed by atoms with Crippen molar-refractivity contribution in [2.24, 2.45) is 0 Å². The van der Waals surface area contributed by atoms with Gasteiger partial charge in [-0.15, -0.1) is 0 Å². The Morgan fingerprint density at radius 2 is 1.36 bits per heavy atom. The van der Waals surface area contributed by atoms with E-state index in [2.05, 4.69) is 9.88 Å². The molecule has 2 heterocycles. The molecular weight excluding hydrogens is 278 g/mol. The lowest BCUT2D eigenvalue weighted by molar-refractivity contribution is -0.125. The van der Waals surface area contributed by atoms with Crippen LogP contribution in [0.5, 0.6) is 0 Å². The molecule has 118 valence electrons. The highest BCUT2D eigenvalue weighted by molar-refractivity contribution is 5.84. The fourth-order valence-electron chi connectivity index (χ4n) is 2.29. The van der Waals surface area contributed by atoms with Crippen molar-refractivity contribution in [3.63, 3.8) is 0 Å². The van der Waals surface area contributed by atoms with Crippen molar-refractivity contribution in [2.75, 3.05) is 6.54 Å². The van der Waals surface area contributed by atoms with Crippen molar-refractivity contribution in [3.8, 4) is 0 Å². The van der Waals surface area contributed by atoms with Crippen LogP contribution in [0.3, 0.4) is 0 Å². The van der Waals surface area contributed by atoms with Crippen LogP contribution in [0.15, 0.2) is 49.1 Å². The Balaban J connectivity index is 1.50. The monoisotopic (exact) mass is 301 g/mol. The number of amides is 1. The molecule has 0 bridgehead atoms. The van der Waals surface area contributed by atoms with Gasteiger partial charge in [-0.3, -0.25) is 9.59 Å². The molecule has 1 N–H and O–H groups in total. The second kappa shape index (κ2) is 8.87. The molecule has 5 nitrogen and oxygen atoms in total. The number of hydrogen-bond acceptors (Lipinski definition) is 2. The van der Waals surface area contributed by atoms with E-state index < -0.39 is 0 Å². The van der Waals surface area contributed by atoms with Crippen LogP contribution in [0, 0.1) is 0 Å². The Bertz CT molecular complexity index is 507. The molecule has 5 heteroatoms. The van der Waals surface area contributed by atoms with Crippen LogP contribution in [0.2, 0.25) is 0 Å². The third-order valence-electron chi connectivity index (χ3n) is 3.53. The maximum atomic E-state index is 11.7. The van der Waals surface area contributed by atoms with Crippen LogP contribution in [-0.2, 0) is 22.7 Å². The molecule has 22 heavy (non-hydrogen) atoms. The number of ketones is 1. The summed E-state index contributed by atoms with van der Waals surface area (Å²) >= 11 is 0. The molecule has 2 rings (SSSR count). The first kappa shape index (κ1) is 16.1. The lowest BCUT2D eigenvalue weighted by Gasteiger charge is -2.06. The Kier molecular flexibility index (Phi) is 6.48. The first-order valence-corrected chi connectivity index (χ1v) is 7.74. The summed E-state index contributed by atoms with van der Waals surface area (Å²) in [5.41, 5.74) is 0. The van der Waals surface area contributed by atoms with Gasteiger partial charge in [0.2, 0.25) is 5.91 Å². The van der Waals surface area contributed by atoms with Crippen molar-refractivity contribution in [1.82, 2.24) is 14.5 Å². The zero-order valence-corrected chi connectivity index (χ0v) is 12.8. The lowest BCUT2D eigenvalue weighted by atomic mass is 10.1. The maximum absolute atomic E-state index is 11.7. The zero-order chi connectivity index (χ0) is 15.6. The summed E-state index contributed by atoms with van der Waals surface area (Å²) in [4.78, 5) is 23.4. The molecule has 0 aliphatic heterocycles. The minimum Gasteiger partial charge on any atom is -0.354 e. The van der Waals surface area contributed by atoms with Gasteiger partial charge in [0.25, 0.3) is 0 Å². The summed E-state index contributed by atoms with van der Waals surface area (Å²) in [5, 5.41) is 2.84. The highest BCUT2D eigenvalue weighted by Crippen LogP contribution is 2.02. The summed E-state index contributed by atoms with van der Waals surface area (Å²) in [6.07, 6.45) is 9.87. The minimum absolute atomic E-state index is 0.0501. The fraction of sp³-hybridized carbons (Fsp3) is 0.412. The van der Waals surface area contributed by atoms with E-state index in [1.54, 1.807) is 0 Å². The largest absolute Gasteiger partial charge is 0.354 e. The van der Waals surface area contributed by atoms with Gasteiger partial charge >= 0.3 is 0 Å². The minimum atomic E-state index is -0.0501. The maximum Gasteiger partial charge on any atom is 0.220 e. The quantitative estimate of drug-likeness (QED) is 0.731. The van der Waals surface area contributed by atoms with E-state index in [0.29, 0.717) is 19.4 Å². The van der Waals surface area contributed by atoms with E-state index in [0.717, 1.165) is 19.5 Å². The van der Waals surface area contributed by atoms with Gasteiger partial charge in [0.1, 0.15) is 5.78 Å². The van der Waals surface area contributed by atoms with Crippen LogP contribution in [0.25, 0.3) is 0 Å². The van der Waals surface area contributed by atoms with E-state index in [1.807, 2.05) is 53.6 Å². The third kappa shape index (κ3) is 5.99. The number of carbonyl (C=O) groups is 2. The summed E-state index contributed by atoms with van der Waals surface area (Å²) in [5.74, 6) is 0.110. The summed E-state index contributed by atoms with van der Waals surface area (Å²) in [7, 11) is 0. The molecule has 2 aromatic rings. The van der Waals surface area contributed by atoms with Crippen molar-refractivity contribution < 1.29 is 9.59 Å². The van der Waals surface area contributed by atoms with Gasteiger partial charge in [0.05, 0.1) is 0 Å². The molecular formula is C17H23N3O2. The van der Waals surface area contributed by atoms with Gasteiger partial charge in [0, 0.05) is 63.7 Å². The second-order valence-corrected chi connectivity index (χ2v) is 5.33. The number of hydrogen-bond donors (Lipinski definition) is 1. The fourth-order valence-corrected chi connectivity index (χ4v) is 2.29. The molecule has 2 aromatic heterocycles.